The molecule has 0 unspecified atom stereocenters. The number of hydrogen-bond donors (Lipinski definition) is 1. The van der Waals surface area contributed by atoms with E-state index in [-0.39, 0.29) is 36.9 Å². The van der Waals surface area contributed by atoms with Crippen LogP contribution in [-0.4, -0.2) is 57.7 Å². The van der Waals surface area contributed by atoms with Crippen LogP contribution in [0.5, 0.6) is 11.5 Å². The van der Waals surface area contributed by atoms with Crippen molar-refractivity contribution in [1.82, 2.24) is 0 Å². The molecule has 0 bridgehead atoms. The summed E-state index contributed by atoms with van der Waals surface area (Å²) in [4.78, 5) is 46.9. The summed E-state index contributed by atoms with van der Waals surface area (Å²) in [6.45, 7) is 3.26. The van der Waals surface area contributed by atoms with Crippen LogP contribution in [0.25, 0.3) is 0 Å². The summed E-state index contributed by atoms with van der Waals surface area (Å²) in [7, 11) is 3.40. The molecule has 1 atom stereocenters. The van der Waals surface area contributed by atoms with Crippen molar-refractivity contribution in [3.05, 3.63) is 23.8 Å². The Kier molecular flexibility index (Phi) is 9.74. The molecule has 11 nitrogen and oxygen atoms in total. The minimum Gasteiger partial charge on any atom is -0.468 e. The van der Waals surface area contributed by atoms with Gasteiger partial charge in [-0.05, 0) is 17.7 Å². The van der Waals surface area contributed by atoms with E-state index in [4.69, 9.17) is 24.7 Å². The van der Waals surface area contributed by atoms with Gasteiger partial charge in [0.1, 0.15) is 5.54 Å². The van der Waals surface area contributed by atoms with Gasteiger partial charge in [-0.2, -0.15) is 0 Å². The summed E-state index contributed by atoms with van der Waals surface area (Å²) >= 11 is 0. The highest BCUT2D eigenvalue weighted by atomic mass is 16.7. The number of esters is 2. The lowest BCUT2D eigenvalue weighted by Gasteiger charge is -2.27. The number of hydrogen-bond acceptors (Lipinski definition) is 11. The Morgan fingerprint density at radius 2 is 1.52 bits per heavy atom. The molecule has 0 heterocycles. The number of rotatable bonds is 9. The Morgan fingerprint density at radius 1 is 0.935 bits per heavy atom. The lowest BCUT2D eigenvalue weighted by molar-refractivity contribution is -0.152. The second-order valence-corrected chi connectivity index (χ2v) is 6.79. The predicted molar refractivity (Wildman–Crippen MR) is 106 cm³/mol. The van der Waals surface area contributed by atoms with E-state index in [1.54, 1.807) is 13.8 Å². The first kappa shape index (κ1) is 25.7. The fourth-order valence-electron chi connectivity index (χ4n) is 2.42. The van der Waals surface area contributed by atoms with E-state index < -0.39 is 29.8 Å². The van der Waals surface area contributed by atoms with Crippen LogP contribution in [0.15, 0.2) is 18.2 Å². The van der Waals surface area contributed by atoms with Gasteiger partial charge in [0.05, 0.1) is 33.9 Å². The molecule has 0 amide bonds. The third-order valence-electron chi connectivity index (χ3n) is 4.10. The Hall–Kier alpha value is -3.34. The molecule has 0 fully saturated rings. The standard InChI is InChI=1S/C20H27NO10/c1-12(2)16(22)29-9-8-20(21,17(23)26-3)11-13-6-7-14(30-18(24)27-4)15(10-13)31-19(25)28-5/h6-7,10,12H,8-9,11,21H2,1-5H3/t20-/m1/s1. The molecule has 0 saturated carbocycles. The lowest BCUT2D eigenvalue weighted by atomic mass is 9.88. The van der Waals surface area contributed by atoms with E-state index in [0.717, 1.165) is 14.2 Å². The van der Waals surface area contributed by atoms with E-state index in [9.17, 15) is 19.2 Å². The van der Waals surface area contributed by atoms with Crippen LogP contribution in [0.3, 0.4) is 0 Å². The number of ether oxygens (including phenoxy) is 6. The molecule has 0 aromatic heterocycles. The van der Waals surface area contributed by atoms with Crippen LogP contribution in [0.4, 0.5) is 9.59 Å². The van der Waals surface area contributed by atoms with Crippen LogP contribution < -0.4 is 15.2 Å². The largest absolute Gasteiger partial charge is 0.513 e. The quantitative estimate of drug-likeness (QED) is 0.340. The van der Waals surface area contributed by atoms with Crippen LogP contribution in [0.2, 0.25) is 0 Å². The van der Waals surface area contributed by atoms with E-state index in [1.807, 2.05) is 0 Å². The van der Waals surface area contributed by atoms with Crippen molar-refractivity contribution in [2.75, 3.05) is 27.9 Å². The van der Waals surface area contributed by atoms with Crippen molar-refractivity contribution in [2.24, 2.45) is 11.7 Å². The monoisotopic (exact) mass is 441 g/mol. The van der Waals surface area contributed by atoms with Crippen molar-refractivity contribution >= 4 is 24.2 Å². The van der Waals surface area contributed by atoms with Crippen LogP contribution in [0, 0.1) is 5.92 Å². The summed E-state index contributed by atoms with van der Waals surface area (Å²) < 4.78 is 28.7. The summed E-state index contributed by atoms with van der Waals surface area (Å²) in [6, 6.07) is 4.19. The zero-order valence-electron chi connectivity index (χ0n) is 18.1. The zero-order valence-corrected chi connectivity index (χ0v) is 18.1. The molecule has 0 spiro atoms. The summed E-state index contributed by atoms with van der Waals surface area (Å²) in [5.41, 5.74) is 5.16. The number of methoxy groups -OCH3 is 3. The molecule has 0 radical (unpaired) electrons. The van der Waals surface area contributed by atoms with Crippen LogP contribution in [-0.2, 0) is 35.0 Å². The second kappa shape index (κ2) is 11.7. The Bertz CT molecular complexity index is 807. The van der Waals surface area contributed by atoms with Gasteiger partial charge < -0.3 is 34.2 Å². The van der Waals surface area contributed by atoms with Crippen LogP contribution in [0.1, 0.15) is 25.8 Å². The predicted octanol–water partition coefficient (Wildman–Crippen LogP) is 1.98. The summed E-state index contributed by atoms with van der Waals surface area (Å²) in [5, 5.41) is 0. The maximum atomic E-state index is 12.3. The zero-order chi connectivity index (χ0) is 23.6. The average Bonchev–Trinajstić information content (AvgIpc) is 2.74. The maximum absolute atomic E-state index is 12.3. The van der Waals surface area contributed by atoms with Crippen molar-refractivity contribution < 1.29 is 47.6 Å². The molecule has 0 aliphatic rings. The molecule has 1 rings (SSSR count). The molecule has 1 aromatic rings. The van der Waals surface area contributed by atoms with Gasteiger partial charge in [0, 0.05) is 12.8 Å². The Morgan fingerprint density at radius 3 is 2.03 bits per heavy atom. The first-order chi connectivity index (χ1) is 14.6. The van der Waals surface area contributed by atoms with E-state index in [1.165, 1.54) is 25.3 Å². The minimum absolute atomic E-state index is 0.0221. The Labute approximate surface area is 179 Å². The number of nitrogens with two attached hydrogens (primary N) is 1. The first-order valence-electron chi connectivity index (χ1n) is 9.24. The maximum Gasteiger partial charge on any atom is 0.513 e. The van der Waals surface area contributed by atoms with Gasteiger partial charge in [0.25, 0.3) is 0 Å². The fraction of sp³-hybridized carbons (Fsp3) is 0.500. The molecule has 11 heteroatoms. The van der Waals surface area contributed by atoms with E-state index in [0.29, 0.717) is 5.56 Å². The van der Waals surface area contributed by atoms with Gasteiger partial charge in [-0.15, -0.1) is 0 Å². The smallest absolute Gasteiger partial charge is 0.468 e. The third-order valence-corrected chi connectivity index (χ3v) is 4.10. The number of carbonyl (C=O) groups excluding carboxylic acids is 4. The van der Waals surface area contributed by atoms with Crippen molar-refractivity contribution in [1.29, 1.82) is 0 Å². The molecule has 0 aliphatic carbocycles. The van der Waals surface area contributed by atoms with Crippen molar-refractivity contribution in [3.8, 4) is 11.5 Å². The van der Waals surface area contributed by atoms with E-state index >= 15 is 0 Å². The van der Waals surface area contributed by atoms with Gasteiger partial charge in [0.2, 0.25) is 0 Å². The third kappa shape index (κ3) is 7.78. The van der Waals surface area contributed by atoms with Gasteiger partial charge in [-0.25, -0.2) is 9.59 Å². The highest BCUT2D eigenvalue weighted by molar-refractivity contribution is 5.81. The topological polar surface area (TPSA) is 150 Å². The van der Waals surface area contributed by atoms with E-state index in [2.05, 4.69) is 9.47 Å². The lowest BCUT2D eigenvalue weighted by Crippen LogP contribution is -2.51. The average molecular weight is 441 g/mol. The molecule has 1 aromatic carbocycles. The molecular weight excluding hydrogens is 414 g/mol. The number of carbonyl (C=O) groups is 4. The molecule has 0 saturated heterocycles. The minimum atomic E-state index is -1.54. The molecule has 2 N–H and O–H groups in total. The fourth-order valence-corrected chi connectivity index (χ4v) is 2.42. The second-order valence-electron chi connectivity index (χ2n) is 6.79. The van der Waals surface area contributed by atoms with Crippen molar-refractivity contribution in [2.45, 2.75) is 32.2 Å². The molecule has 172 valence electrons. The summed E-state index contributed by atoms with van der Waals surface area (Å²) in [6.07, 6.45) is -2.17. The summed E-state index contributed by atoms with van der Waals surface area (Å²) in [5.74, 6) is -1.75. The van der Waals surface area contributed by atoms with Gasteiger partial charge in [0.15, 0.2) is 11.5 Å². The first-order valence-corrected chi connectivity index (χ1v) is 9.24. The Balaban J connectivity index is 3.13. The SMILES string of the molecule is COC(=O)Oc1ccc(C[C@](N)(CCOC(=O)C(C)C)C(=O)OC)cc1OC(=O)OC. The van der Waals surface area contributed by atoms with Crippen molar-refractivity contribution in [3.63, 3.8) is 0 Å². The highest BCUT2D eigenvalue weighted by Gasteiger charge is 2.36. The van der Waals surface area contributed by atoms with Gasteiger partial charge in [-0.3, -0.25) is 9.59 Å². The molecular formula is C20H27NO10. The molecule has 0 aliphatic heterocycles. The molecule has 31 heavy (non-hydrogen) atoms. The normalized spacial score (nSPS) is 12.4. The highest BCUT2D eigenvalue weighted by Crippen LogP contribution is 2.31. The van der Waals surface area contributed by atoms with Crippen LogP contribution >= 0.6 is 0 Å². The van der Waals surface area contributed by atoms with Gasteiger partial charge in [-0.1, -0.05) is 19.9 Å². The van der Waals surface area contributed by atoms with Gasteiger partial charge >= 0.3 is 24.2 Å². The number of benzene rings is 1.